The molecule has 21 heavy (non-hydrogen) atoms. The Morgan fingerprint density at radius 2 is 2.05 bits per heavy atom. The maximum absolute atomic E-state index is 13.5. The van der Waals surface area contributed by atoms with Crippen LogP contribution in [-0.2, 0) is 6.42 Å². The van der Waals surface area contributed by atoms with Crippen molar-refractivity contribution in [1.82, 2.24) is 9.55 Å². The van der Waals surface area contributed by atoms with Crippen LogP contribution in [0.3, 0.4) is 0 Å². The molecule has 3 nitrogen and oxygen atoms in total. The van der Waals surface area contributed by atoms with Crippen molar-refractivity contribution in [2.45, 2.75) is 25.3 Å². The molecule has 0 saturated heterocycles. The lowest BCUT2D eigenvalue weighted by atomic mass is 10.1. The number of hydrogen-bond acceptors (Lipinski definition) is 2. The van der Waals surface area contributed by atoms with Crippen LogP contribution in [0, 0.1) is 5.82 Å². The highest BCUT2D eigenvalue weighted by atomic mass is 19.1. The maximum atomic E-state index is 13.5. The van der Waals surface area contributed by atoms with Gasteiger partial charge in [-0.05, 0) is 48.7 Å². The summed E-state index contributed by atoms with van der Waals surface area (Å²) in [6.45, 7) is 0. The van der Waals surface area contributed by atoms with Crippen molar-refractivity contribution >= 4 is 16.7 Å². The Morgan fingerprint density at radius 1 is 1.19 bits per heavy atom. The van der Waals surface area contributed by atoms with Gasteiger partial charge in [-0.2, -0.15) is 0 Å². The first kappa shape index (κ1) is 12.4. The van der Waals surface area contributed by atoms with Gasteiger partial charge >= 0.3 is 0 Å². The van der Waals surface area contributed by atoms with Crippen LogP contribution in [0.25, 0.3) is 11.0 Å². The van der Waals surface area contributed by atoms with Crippen LogP contribution in [0.4, 0.5) is 10.1 Å². The molecule has 0 spiro atoms. The average Bonchev–Trinajstić information content (AvgIpc) is 3.21. The Kier molecular flexibility index (Phi) is 2.70. The van der Waals surface area contributed by atoms with Gasteiger partial charge in [0, 0.05) is 18.2 Å². The number of anilines is 1. The molecule has 1 heterocycles. The van der Waals surface area contributed by atoms with E-state index >= 15 is 0 Å². The van der Waals surface area contributed by atoms with Crippen LogP contribution in [0.5, 0.6) is 0 Å². The third-order valence-corrected chi connectivity index (χ3v) is 3.95. The summed E-state index contributed by atoms with van der Waals surface area (Å²) in [7, 11) is 0. The van der Waals surface area contributed by atoms with Crippen molar-refractivity contribution in [3.8, 4) is 0 Å². The first-order valence-electron chi connectivity index (χ1n) is 7.21. The van der Waals surface area contributed by atoms with Crippen LogP contribution >= 0.6 is 0 Å². The van der Waals surface area contributed by atoms with E-state index in [0.29, 0.717) is 6.04 Å². The zero-order valence-electron chi connectivity index (χ0n) is 11.6. The molecule has 2 N–H and O–H groups in total. The molecular weight excluding hydrogens is 265 g/mol. The van der Waals surface area contributed by atoms with Crippen molar-refractivity contribution in [2.24, 2.45) is 0 Å². The fourth-order valence-electron chi connectivity index (χ4n) is 2.87. The molecule has 4 heteroatoms. The van der Waals surface area contributed by atoms with Gasteiger partial charge in [0.15, 0.2) is 0 Å². The summed E-state index contributed by atoms with van der Waals surface area (Å²) in [6, 6.07) is 13.1. The van der Waals surface area contributed by atoms with E-state index in [1.54, 1.807) is 12.1 Å². The van der Waals surface area contributed by atoms with Gasteiger partial charge in [0.2, 0.25) is 0 Å². The van der Waals surface area contributed by atoms with E-state index in [1.807, 2.05) is 24.3 Å². The number of nitrogens with two attached hydrogens (primary N) is 1. The molecule has 0 amide bonds. The largest absolute Gasteiger partial charge is 0.399 e. The Labute approximate surface area is 122 Å². The molecule has 0 atom stereocenters. The zero-order chi connectivity index (χ0) is 14.4. The van der Waals surface area contributed by atoms with Crippen molar-refractivity contribution in [3.05, 3.63) is 59.7 Å². The van der Waals surface area contributed by atoms with Gasteiger partial charge in [-0.1, -0.05) is 12.1 Å². The lowest BCUT2D eigenvalue weighted by molar-refractivity contribution is 0.627. The van der Waals surface area contributed by atoms with E-state index < -0.39 is 0 Å². The van der Waals surface area contributed by atoms with Crippen molar-refractivity contribution in [3.63, 3.8) is 0 Å². The van der Waals surface area contributed by atoms with Crippen molar-refractivity contribution in [1.29, 1.82) is 0 Å². The number of aromatic nitrogens is 2. The number of imidazole rings is 1. The van der Waals surface area contributed by atoms with Gasteiger partial charge in [0.05, 0.1) is 11.0 Å². The number of halogens is 1. The van der Waals surface area contributed by atoms with E-state index in [2.05, 4.69) is 4.57 Å². The molecule has 1 aliphatic carbocycles. The summed E-state index contributed by atoms with van der Waals surface area (Å²) >= 11 is 0. The van der Waals surface area contributed by atoms with Crippen LogP contribution < -0.4 is 5.73 Å². The molecule has 106 valence electrons. The monoisotopic (exact) mass is 281 g/mol. The molecule has 4 rings (SSSR count). The minimum atomic E-state index is -0.209. The Morgan fingerprint density at radius 3 is 2.81 bits per heavy atom. The normalized spacial score (nSPS) is 14.7. The molecule has 3 aromatic rings. The third kappa shape index (κ3) is 2.27. The number of benzene rings is 2. The average molecular weight is 281 g/mol. The van der Waals surface area contributed by atoms with Crippen molar-refractivity contribution < 1.29 is 4.39 Å². The lowest BCUT2D eigenvalue weighted by Gasteiger charge is -2.08. The standard InChI is InChI=1S/C17H16FN3/c18-12-4-7-15-16(10-12)21(14-5-6-14)17(20-15)9-11-2-1-3-13(19)8-11/h1-4,7-8,10,14H,5-6,9,19H2. The first-order chi connectivity index (χ1) is 10.2. The van der Waals surface area contributed by atoms with Gasteiger partial charge in [-0.25, -0.2) is 9.37 Å². The summed E-state index contributed by atoms with van der Waals surface area (Å²) in [5.41, 5.74) is 9.49. The van der Waals surface area contributed by atoms with Crippen LogP contribution in [0.2, 0.25) is 0 Å². The minimum Gasteiger partial charge on any atom is -0.399 e. The molecule has 0 aliphatic heterocycles. The van der Waals surface area contributed by atoms with Crippen molar-refractivity contribution in [2.75, 3.05) is 5.73 Å². The smallest absolute Gasteiger partial charge is 0.125 e. The lowest BCUT2D eigenvalue weighted by Crippen LogP contribution is -2.03. The SMILES string of the molecule is Nc1cccc(Cc2nc3ccc(F)cc3n2C2CC2)c1. The Hall–Kier alpha value is -2.36. The van der Waals surface area contributed by atoms with E-state index in [-0.39, 0.29) is 5.82 Å². The summed E-state index contributed by atoms with van der Waals surface area (Å²) in [5, 5.41) is 0. The second-order valence-electron chi connectivity index (χ2n) is 5.68. The van der Waals surface area contributed by atoms with Gasteiger partial charge in [-0.15, -0.1) is 0 Å². The van der Waals surface area contributed by atoms with Gasteiger partial charge in [0.1, 0.15) is 11.6 Å². The molecule has 1 aliphatic rings. The number of rotatable bonds is 3. The van der Waals surface area contributed by atoms with Gasteiger partial charge < -0.3 is 10.3 Å². The molecule has 2 aromatic carbocycles. The molecule has 1 aromatic heterocycles. The molecule has 1 fully saturated rings. The quantitative estimate of drug-likeness (QED) is 0.744. The first-order valence-corrected chi connectivity index (χ1v) is 7.21. The topological polar surface area (TPSA) is 43.8 Å². The molecule has 0 radical (unpaired) electrons. The van der Waals surface area contributed by atoms with E-state index in [0.717, 1.165) is 47.4 Å². The molecule has 1 saturated carbocycles. The second kappa shape index (κ2) is 4.58. The number of nitrogens with zero attached hydrogens (tertiary/aromatic N) is 2. The molecule has 0 unspecified atom stereocenters. The van der Waals surface area contributed by atoms with Gasteiger partial charge in [0.25, 0.3) is 0 Å². The Balaban J connectivity index is 1.82. The number of fused-ring (bicyclic) bond motifs is 1. The number of nitrogen functional groups attached to an aromatic ring is 1. The van der Waals surface area contributed by atoms with Crippen LogP contribution in [0.15, 0.2) is 42.5 Å². The van der Waals surface area contributed by atoms with Crippen LogP contribution in [-0.4, -0.2) is 9.55 Å². The highest BCUT2D eigenvalue weighted by Gasteiger charge is 2.28. The highest BCUT2D eigenvalue weighted by molar-refractivity contribution is 5.76. The Bertz CT molecular complexity index is 818. The molecule has 0 bridgehead atoms. The van der Waals surface area contributed by atoms with E-state index in [1.165, 1.54) is 6.07 Å². The molecular formula is C17H16FN3. The highest BCUT2D eigenvalue weighted by Crippen LogP contribution is 2.39. The van der Waals surface area contributed by atoms with Crippen LogP contribution in [0.1, 0.15) is 30.3 Å². The predicted molar refractivity (Wildman–Crippen MR) is 81.6 cm³/mol. The third-order valence-electron chi connectivity index (χ3n) is 3.95. The maximum Gasteiger partial charge on any atom is 0.125 e. The predicted octanol–water partition coefficient (Wildman–Crippen LogP) is 3.68. The fraction of sp³-hybridized carbons (Fsp3) is 0.235. The number of hydrogen-bond donors (Lipinski definition) is 1. The summed E-state index contributed by atoms with van der Waals surface area (Å²) < 4.78 is 15.7. The fourth-order valence-corrected chi connectivity index (χ4v) is 2.87. The van der Waals surface area contributed by atoms with Gasteiger partial charge in [-0.3, -0.25) is 0 Å². The summed E-state index contributed by atoms with van der Waals surface area (Å²) in [4.78, 5) is 4.70. The zero-order valence-corrected chi connectivity index (χ0v) is 11.6. The summed E-state index contributed by atoms with van der Waals surface area (Å²) in [6.07, 6.45) is 3.01. The van der Waals surface area contributed by atoms with E-state index in [4.69, 9.17) is 10.7 Å². The van der Waals surface area contributed by atoms with E-state index in [9.17, 15) is 4.39 Å². The minimum absolute atomic E-state index is 0.209. The summed E-state index contributed by atoms with van der Waals surface area (Å²) in [5.74, 6) is 0.781. The second-order valence-corrected chi connectivity index (χ2v) is 5.68.